The van der Waals surface area contributed by atoms with Crippen molar-refractivity contribution in [3.05, 3.63) is 87.1 Å². The maximum atomic E-state index is 12.1. The number of nitrogens with zero attached hydrogens (tertiary/aromatic N) is 2. The largest absolute Gasteiger partial charge is 0.352 e. The molecule has 0 spiro atoms. The number of thioether (sulfide) groups is 1. The minimum Gasteiger partial charge on any atom is -0.352 e. The number of aromatic nitrogens is 3. The molecule has 1 aromatic carbocycles. The first-order valence-corrected chi connectivity index (χ1v) is 9.58. The summed E-state index contributed by atoms with van der Waals surface area (Å²) in [6, 6.07) is 12.5. The quantitative estimate of drug-likeness (QED) is 0.470. The molecule has 2 heterocycles. The van der Waals surface area contributed by atoms with Crippen LogP contribution in [0, 0.1) is 0 Å². The van der Waals surface area contributed by atoms with E-state index < -0.39 is 0 Å². The van der Waals surface area contributed by atoms with E-state index in [-0.39, 0.29) is 17.9 Å². The van der Waals surface area contributed by atoms with Crippen LogP contribution in [0.25, 0.3) is 0 Å². The first kappa shape index (κ1) is 19.1. The minimum atomic E-state index is -0.282. The number of hydrogen-bond acceptors (Lipinski definition) is 5. The van der Waals surface area contributed by atoms with Crippen LogP contribution in [0.3, 0.4) is 0 Å². The SMILES string of the molecule is O=C(Cc1cc(=O)[nH]c(SCc2cccc(Cl)c2)n1)NCc1ccncc1. The van der Waals surface area contributed by atoms with Crippen LogP contribution in [-0.2, 0) is 23.5 Å². The molecule has 0 aliphatic rings. The van der Waals surface area contributed by atoms with Gasteiger partial charge < -0.3 is 10.3 Å². The van der Waals surface area contributed by atoms with E-state index in [1.54, 1.807) is 18.5 Å². The van der Waals surface area contributed by atoms with Gasteiger partial charge in [-0.1, -0.05) is 35.5 Å². The molecule has 1 amide bonds. The summed E-state index contributed by atoms with van der Waals surface area (Å²) in [6.07, 6.45) is 3.38. The van der Waals surface area contributed by atoms with Gasteiger partial charge in [0.05, 0.1) is 12.1 Å². The maximum absolute atomic E-state index is 12.1. The summed E-state index contributed by atoms with van der Waals surface area (Å²) in [7, 11) is 0. The third-order valence-corrected chi connectivity index (χ3v) is 4.80. The normalized spacial score (nSPS) is 10.6. The predicted octanol–water partition coefficient (Wildman–Crippen LogP) is 2.97. The molecule has 0 radical (unpaired) electrons. The van der Waals surface area contributed by atoms with Gasteiger partial charge in [-0.3, -0.25) is 14.6 Å². The Morgan fingerprint density at radius 1 is 1.15 bits per heavy atom. The summed E-state index contributed by atoms with van der Waals surface area (Å²) in [5.74, 6) is 0.414. The van der Waals surface area contributed by atoms with Gasteiger partial charge in [0.1, 0.15) is 0 Å². The van der Waals surface area contributed by atoms with E-state index in [1.165, 1.54) is 17.8 Å². The van der Waals surface area contributed by atoms with Gasteiger partial charge in [0.25, 0.3) is 5.56 Å². The van der Waals surface area contributed by atoms with Crippen molar-refractivity contribution in [2.24, 2.45) is 0 Å². The van der Waals surface area contributed by atoms with Crippen LogP contribution in [0.5, 0.6) is 0 Å². The number of aromatic amines is 1. The molecular weight excluding hydrogens is 384 g/mol. The Labute approximate surface area is 165 Å². The summed E-state index contributed by atoms with van der Waals surface area (Å²) in [5, 5.41) is 3.94. The highest BCUT2D eigenvalue weighted by Gasteiger charge is 2.08. The highest BCUT2D eigenvalue weighted by atomic mass is 35.5. The fourth-order valence-electron chi connectivity index (χ4n) is 2.35. The minimum absolute atomic E-state index is 0.0414. The van der Waals surface area contributed by atoms with Gasteiger partial charge in [-0.25, -0.2) is 4.98 Å². The van der Waals surface area contributed by atoms with Crippen molar-refractivity contribution >= 4 is 29.3 Å². The highest BCUT2D eigenvalue weighted by Crippen LogP contribution is 2.20. The third-order valence-electron chi connectivity index (χ3n) is 3.62. The molecular formula is C19H17ClN4O2S. The second-order valence-electron chi connectivity index (χ2n) is 5.77. The number of nitrogens with one attached hydrogen (secondary N) is 2. The molecule has 0 fully saturated rings. The number of rotatable bonds is 7. The third kappa shape index (κ3) is 6.23. The van der Waals surface area contributed by atoms with E-state index in [9.17, 15) is 9.59 Å². The molecule has 0 saturated heterocycles. The zero-order valence-corrected chi connectivity index (χ0v) is 15.9. The molecule has 0 aliphatic carbocycles. The first-order valence-electron chi connectivity index (χ1n) is 8.21. The lowest BCUT2D eigenvalue weighted by Gasteiger charge is -2.06. The smallest absolute Gasteiger partial charge is 0.251 e. The molecule has 0 atom stereocenters. The molecule has 0 unspecified atom stereocenters. The lowest BCUT2D eigenvalue weighted by molar-refractivity contribution is -0.120. The van der Waals surface area contributed by atoms with Crippen molar-refractivity contribution in [2.75, 3.05) is 0 Å². The molecule has 138 valence electrons. The Hall–Kier alpha value is -2.64. The topological polar surface area (TPSA) is 87.7 Å². The first-order chi connectivity index (χ1) is 13.1. The van der Waals surface area contributed by atoms with Crippen molar-refractivity contribution in [3.63, 3.8) is 0 Å². The van der Waals surface area contributed by atoms with Crippen molar-refractivity contribution in [2.45, 2.75) is 23.9 Å². The van der Waals surface area contributed by atoms with Gasteiger partial charge in [-0.05, 0) is 35.4 Å². The number of H-pyrrole nitrogens is 1. The number of amides is 1. The van der Waals surface area contributed by atoms with Gasteiger partial charge in [0, 0.05) is 35.8 Å². The summed E-state index contributed by atoms with van der Waals surface area (Å²) >= 11 is 7.36. The van der Waals surface area contributed by atoms with Crippen molar-refractivity contribution in [1.82, 2.24) is 20.3 Å². The fourth-order valence-corrected chi connectivity index (χ4v) is 3.40. The van der Waals surface area contributed by atoms with Gasteiger partial charge in [0.2, 0.25) is 5.91 Å². The van der Waals surface area contributed by atoms with Crippen LogP contribution >= 0.6 is 23.4 Å². The van der Waals surface area contributed by atoms with E-state index in [0.29, 0.717) is 28.2 Å². The van der Waals surface area contributed by atoms with E-state index in [4.69, 9.17) is 11.6 Å². The number of benzene rings is 1. The average Bonchev–Trinajstić information content (AvgIpc) is 2.65. The van der Waals surface area contributed by atoms with Crippen molar-refractivity contribution in [3.8, 4) is 0 Å². The summed E-state index contributed by atoms with van der Waals surface area (Å²) in [5.41, 5.74) is 2.13. The molecule has 3 aromatic rings. The van der Waals surface area contributed by atoms with Crippen LogP contribution < -0.4 is 10.9 Å². The van der Waals surface area contributed by atoms with Crippen LogP contribution in [0.15, 0.2) is 64.8 Å². The number of halogens is 1. The molecule has 0 aliphatic heterocycles. The van der Waals surface area contributed by atoms with Crippen LogP contribution in [0.1, 0.15) is 16.8 Å². The number of pyridine rings is 1. The zero-order valence-electron chi connectivity index (χ0n) is 14.3. The van der Waals surface area contributed by atoms with Crippen LogP contribution in [0.4, 0.5) is 0 Å². The second-order valence-corrected chi connectivity index (χ2v) is 7.17. The molecule has 2 aromatic heterocycles. The molecule has 0 bridgehead atoms. The van der Waals surface area contributed by atoms with E-state index in [0.717, 1.165) is 11.1 Å². The number of hydrogen-bond donors (Lipinski definition) is 2. The van der Waals surface area contributed by atoms with Gasteiger partial charge in [-0.15, -0.1) is 0 Å². The van der Waals surface area contributed by atoms with Gasteiger partial charge in [0.15, 0.2) is 5.16 Å². The number of carbonyl (C=O) groups excluding carboxylic acids is 1. The predicted molar refractivity (Wildman–Crippen MR) is 106 cm³/mol. The molecule has 2 N–H and O–H groups in total. The Kier molecular flexibility index (Phi) is 6.62. The summed E-state index contributed by atoms with van der Waals surface area (Å²) in [4.78, 5) is 35.0. The Morgan fingerprint density at radius 3 is 2.74 bits per heavy atom. The van der Waals surface area contributed by atoms with Gasteiger partial charge >= 0.3 is 0 Å². The fraction of sp³-hybridized carbons (Fsp3) is 0.158. The Morgan fingerprint density at radius 2 is 1.96 bits per heavy atom. The monoisotopic (exact) mass is 400 g/mol. The molecule has 8 heteroatoms. The highest BCUT2D eigenvalue weighted by molar-refractivity contribution is 7.98. The second kappa shape index (κ2) is 9.34. The molecule has 0 saturated carbocycles. The number of carbonyl (C=O) groups is 1. The Bertz CT molecular complexity index is 979. The van der Waals surface area contributed by atoms with E-state index in [2.05, 4.69) is 20.3 Å². The van der Waals surface area contributed by atoms with E-state index >= 15 is 0 Å². The maximum Gasteiger partial charge on any atom is 0.251 e. The standard InChI is InChI=1S/C19H17ClN4O2S/c20-15-3-1-2-14(8-15)12-27-19-23-16(10-18(26)24-19)9-17(25)22-11-13-4-6-21-7-5-13/h1-8,10H,9,11-12H2,(H,22,25)(H,23,24,26). The lowest BCUT2D eigenvalue weighted by Crippen LogP contribution is -2.25. The van der Waals surface area contributed by atoms with Crippen molar-refractivity contribution in [1.29, 1.82) is 0 Å². The average molecular weight is 401 g/mol. The zero-order chi connectivity index (χ0) is 19.1. The lowest BCUT2D eigenvalue weighted by atomic mass is 10.2. The van der Waals surface area contributed by atoms with Crippen LogP contribution in [0.2, 0.25) is 5.02 Å². The molecule has 3 rings (SSSR count). The molecule has 6 nitrogen and oxygen atoms in total. The summed E-state index contributed by atoms with van der Waals surface area (Å²) < 4.78 is 0. The van der Waals surface area contributed by atoms with Crippen molar-refractivity contribution < 1.29 is 4.79 Å². The van der Waals surface area contributed by atoms with Gasteiger partial charge in [-0.2, -0.15) is 0 Å². The van der Waals surface area contributed by atoms with Crippen LogP contribution in [-0.4, -0.2) is 20.9 Å². The molecule has 27 heavy (non-hydrogen) atoms. The Balaban J connectivity index is 1.59. The summed E-state index contributed by atoms with van der Waals surface area (Å²) in [6.45, 7) is 0.404. The van der Waals surface area contributed by atoms with E-state index in [1.807, 2.05) is 30.3 Å².